The minimum absolute atomic E-state index is 0.0418. The maximum Gasteiger partial charge on any atom is 0.274 e. The molecule has 1 aliphatic rings. The number of carbonyl (C=O) groups is 1. The van der Waals surface area contributed by atoms with Gasteiger partial charge in [-0.2, -0.15) is 0 Å². The van der Waals surface area contributed by atoms with Crippen LogP contribution in [0.2, 0.25) is 0 Å². The van der Waals surface area contributed by atoms with Gasteiger partial charge in [-0.1, -0.05) is 0 Å². The quantitative estimate of drug-likeness (QED) is 0.804. The number of hydrogen-bond donors (Lipinski definition) is 0. The SMILES string of the molecule is COc1nccnc1N(C)CC1CCN(C(=O)c2cnc(C)cn2)CC1. The van der Waals surface area contributed by atoms with Crippen molar-refractivity contribution in [2.24, 2.45) is 5.92 Å². The van der Waals surface area contributed by atoms with Gasteiger partial charge >= 0.3 is 0 Å². The van der Waals surface area contributed by atoms with E-state index < -0.39 is 0 Å². The van der Waals surface area contributed by atoms with Crippen molar-refractivity contribution in [3.63, 3.8) is 0 Å². The summed E-state index contributed by atoms with van der Waals surface area (Å²) in [6.07, 6.45) is 8.35. The molecule has 1 fully saturated rings. The van der Waals surface area contributed by atoms with Gasteiger partial charge in [-0.05, 0) is 25.7 Å². The lowest BCUT2D eigenvalue weighted by molar-refractivity contribution is 0.0686. The molecule has 0 aromatic carbocycles. The molecule has 8 nitrogen and oxygen atoms in total. The molecule has 0 unspecified atom stereocenters. The van der Waals surface area contributed by atoms with Crippen LogP contribution in [0.15, 0.2) is 24.8 Å². The van der Waals surface area contributed by atoms with Gasteiger partial charge in [0.25, 0.3) is 11.8 Å². The van der Waals surface area contributed by atoms with Crippen LogP contribution < -0.4 is 9.64 Å². The fourth-order valence-electron chi connectivity index (χ4n) is 3.18. The first-order valence-corrected chi connectivity index (χ1v) is 8.72. The molecule has 2 aromatic heterocycles. The molecule has 0 bridgehead atoms. The average molecular weight is 356 g/mol. The highest BCUT2D eigenvalue weighted by Crippen LogP contribution is 2.25. The number of likely N-dealkylation sites (tertiary alicyclic amines) is 1. The Morgan fingerprint density at radius 2 is 1.92 bits per heavy atom. The predicted molar refractivity (Wildman–Crippen MR) is 97.3 cm³/mol. The van der Waals surface area contributed by atoms with Crippen LogP contribution in [-0.4, -0.2) is 64.5 Å². The number of rotatable bonds is 5. The fourth-order valence-corrected chi connectivity index (χ4v) is 3.18. The van der Waals surface area contributed by atoms with E-state index in [1.165, 1.54) is 0 Å². The molecule has 0 spiro atoms. The molecule has 1 saturated heterocycles. The van der Waals surface area contributed by atoms with Gasteiger partial charge in [-0.15, -0.1) is 0 Å². The first kappa shape index (κ1) is 18.0. The fraction of sp³-hybridized carbons (Fsp3) is 0.500. The third-order valence-electron chi connectivity index (χ3n) is 4.64. The second-order valence-corrected chi connectivity index (χ2v) is 6.55. The van der Waals surface area contributed by atoms with Gasteiger partial charge in [-0.25, -0.2) is 15.0 Å². The predicted octanol–water partition coefficient (Wildman–Crippen LogP) is 1.57. The van der Waals surface area contributed by atoms with Crippen molar-refractivity contribution < 1.29 is 9.53 Å². The Morgan fingerprint density at radius 3 is 2.58 bits per heavy atom. The number of aryl methyl sites for hydroxylation is 1. The van der Waals surface area contributed by atoms with Crippen LogP contribution in [0.5, 0.6) is 5.88 Å². The van der Waals surface area contributed by atoms with Crippen molar-refractivity contribution in [3.8, 4) is 5.88 Å². The van der Waals surface area contributed by atoms with Crippen molar-refractivity contribution in [2.75, 3.05) is 38.7 Å². The number of anilines is 1. The third-order valence-corrected chi connectivity index (χ3v) is 4.64. The Labute approximate surface area is 153 Å². The van der Waals surface area contributed by atoms with E-state index in [0.717, 1.165) is 44.0 Å². The van der Waals surface area contributed by atoms with Crippen molar-refractivity contribution in [2.45, 2.75) is 19.8 Å². The van der Waals surface area contributed by atoms with Gasteiger partial charge in [0.1, 0.15) is 5.69 Å². The summed E-state index contributed by atoms with van der Waals surface area (Å²) in [4.78, 5) is 33.4. The minimum atomic E-state index is -0.0418. The van der Waals surface area contributed by atoms with Crippen molar-refractivity contribution in [1.82, 2.24) is 24.8 Å². The highest BCUT2D eigenvalue weighted by molar-refractivity contribution is 5.92. The van der Waals surface area contributed by atoms with Crippen molar-refractivity contribution in [3.05, 3.63) is 36.2 Å². The monoisotopic (exact) mass is 356 g/mol. The van der Waals surface area contributed by atoms with Crippen molar-refractivity contribution >= 4 is 11.7 Å². The molecule has 3 rings (SSSR count). The topological polar surface area (TPSA) is 84.3 Å². The number of ether oxygens (including phenoxy) is 1. The van der Waals surface area contributed by atoms with E-state index in [0.29, 0.717) is 17.5 Å². The number of methoxy groups -OCH3 is 1. The van der Waals surface area contributed by atoms with Gasteiger partial charge < -0.3 is 14.5 Å². The van der Waals surface area contributed by atoms with Crippen LogP contribution in [0.1, 0.15) is 29.0 Å². The van der Waals surface area contributed by atoms with Crippen LogP contribution in [0.4, 0.5) is 5.82 Å². The van der Waals surface area contributed by atoms with Crippen LogP contribution in [-0.2, 0) is 0 Å². The molecule has 0 N–H and O–H groups in total. The zero-order chi connectivity index (χ0) is 18.5. The lowest BCUT2D eigenvalue weighted by Crippen LogP contribution is -2.41. The number of aromatic nitrogens is 4. The summed E-state index contributed by atoms with van der Waals surface area (Å²) in [5.74, 6) is 1.71. The van der Waals surface area contributed by atoms with Crippen molar-refractivity contribution in [1.29, 1.82) is 0 Å². The number of carbonyl (C=O) groups excluding carboxylic acids is 1. The second-order valence-electron chi connectivity index (χ2n) is 6.55. The first-order valence-electron chi connectivity index (χ1n) is 8.72. The largest absolute Gasteiger partial charge is 0.478 e. The molecular formula is C18H24N6O2. The number of nitrogens with zero attached hydrogens (tertiary/aromatic N) is 6. The van der Waals surface area contributed by atoms with Gasteiger partial charge in [0, 0.05) is 45.3 Å². The standard InChI is InChI=1S/C18H24N6O2/c1-13-10-22-15(11-21-13)18(25)24-8-4-14(5-9-24)12-23(2)16-17(26-3)20-7-6-19-16/h6-7,10-11,14H,4-5,8-9,12H2,1-3H3. The number of amides is 1. The molecular weight excluding hydrogens is 332 g/mol. The number of piperidine rings is 1. The average Bonchev–Trinajstić information content (AvgIpc) is 2.68. The highest BCUT2D eigenvalue weighted by atomic mass is 16.5. The summed E-state index contributed by atoms with van der Waals surface area (Å²) in [5, 5.41) is 0. The van der Waals surface area contributed by atoms with Crippen LogP contribution in [0.3, 0.4) is 0 Å². The molecule has 1 amide bonds. The van der Waals surface area contributed by atoms with E-state index in [-0.39, 0.29) is 5.91 Å². The molecule has 0 aliphatic carbocycles. The minimum Gasteiger partial charge on any atom is -0.478 e. The van der Waals surface area contributed by atoms with Crippen LogP contribution in [0.25, 0.3) is 0 Å². The Balaban J connectivity index is 1.55. The molecule has 0 atom stereocenters. The first-order chi connectivity index (χ1) is 12.6. The maximum absolute atomic E-state index is 12.5. The Hall–Kier alpha value is -2.77. The zero-order valence-electron chi connectivity index (χ0n) is 15.4. The van der Waals surface area contributed by atoms with E-state index in [2.05, 4.69) is 24.8 Å². The van der Waals surface area contributed by atoms with Gasteiger partial charge in [0.15, 0.2) is 5.82 Å². The lowest BCUT2D eigenvalue weighted by atomic mass is 9.96. The maximum atomic E-state index is 12.5. The highest BCUT2D eigenvalue weighted by Gasteiger charge is 2.26. The van der Waals surface area contributed by atoms with E-state index >= 15 is 0 Å². The van der Waals surface area contributed by atoms with E-state index in [1.54, 1.807) is 31.9 Å². The Bertz CT molecular complexity index is 744. The summed E-state index contributed by atoms with van der Waals surface area (Å²) in [6, 6.07) is 0. The second kappa shape index (κ2) is 8.07. The van der Waals surface area contributed by atoms with E-state index in [9.17, 15) is 4.79 Å². The third kappa shape index (κ3) is 4.07. The molecule has 138 valence electrons. The van der Waals surface area contributed by atoms with Gasteiger partial charge in [-0.3, -0.25) is 9.78 Å². The molecule has 0 radical (unpaired) electrons. The Morgan fingerprint density at radius 1 is 1.19 bits per heavy atom. The van der Waals surface area contributed by atoms with E-state index in [1.807, 2.05) is 18.9 Å². The summed E-state index contributed by atoms with van der Waals surface area (Å²) < 4.78 is 5.28. The summed E-state index contributed by atoms with van der Waals surface area (Å²) in [5.41, 5.74) is 1.22. The normalized spacial score (nSPS) is 15.0. The summed E-state index contributed by atoms with van der Waals surface area (Å²) >= 11 is 0. The van der Waals surface area contributed by atoms with Crippen LogP contribution in [0, 0.1) is 12.8 Å². The zero-order valence-corrected chi connectivity index (χ0v) is 15.4. The van der Waals surface area contributed by atoms with Gasteiger partial charge in [0.2, 0.25) is 0 Å². The summed E-state index contributed by atoms with van der Waals surface area (Å²) in [7, 11) is 3.59. The molecule has 1 aliphatic heterocycles. The molecule has 26 heavy (non-hydrogen) atoms. The van der Waals surface area contributed by atoms with Gasteiger partial charge in [0.05, 0.1) is 19.0 Å². The van der Waals surface area contributed by atoms with E-state index in [4.69, 9.17) is 4.74 Å². The lowest BCUT2D eigenvalue weighted by Gasteiger charge is -2.34. The Kier molecular flexibility index (Phi) is 5.60. The molecule has 2 aromatic rings. The smallest absolute Gasteiger partial charge is 0.274 e. The van der Waals surface area contributed by atoms with Crippen LogP contribution >= 0.6 is 0 Å². The number of hydrogen-bond acceptors (Lipinski definition) is 7. The summed E-state index contributed by atoms with van der Waals surface area (Å²) in [6.45, 7) is 4.16. The molecule has 3 heterocycles. The molecule has 0 saturated carbocycles. The molecule has 8 heteroatoms.